The molecule has 1 unspecified atom stereocenters. The van der Waals surface area contributed by atoms with Gasteiger partial charge < -0.3 is 9.47 Å². The maximum atomic E-state index is 12.6. The van der Waals surface area contributed by atoms with Gasteiger partial charge in [-0.05, 0) is 13.8 Å². The minimum absolute atomic E-state index is 0.206. The SMILES string of the molecule is CCOC1=C(C)C(=O)C(OC(C)=O)(c2ccccc2)C1. The third kappa shape index (κ3) is 2.33. The molecule has 1 aromatic rings. The van der Waals surface area contributed by atoms with Crippen molar-refractivity contribution in [3.8, 4) is 0 Å². The van der Waals surface area contributed by atoms with Gasteiger partial charge in [-0.1, -0.05) is 30.3 Å². The molecule has 0 heterocycles. The van der Waals surface area contributed by atoms with Gasteiger partial charge in [0.2, 0.25) is 11.4 Å². The fraction of sp³-hybridized carbons (Fsp3) is 0.375. The van der Waals surface area contributed by atoms with E-state index in [4.69, 9.17) is 9.47 Å². The van der Waals surface area contributed by atoms with Crippen molar-refractivity contribution < 1.29 is 19.1 Å². The van der Waals surface area contributed by atoms with Crippen LogP contribution in [0.25, 0.3) is 0 Å². The number of esters is 1. The van der Waals surface area contributed by atoms with Crippen molar-refractivity contribution >= 4 is 11.8 Å². The molecule has 106 valence electrons. The Bertz CT molecular complexity index is 559. The van der Waals surface area contributed by atoms with Crippen molar-refractivity contribution in [2.24, 2.45) is 0 Å². The highest BCUT2D eigenvalue weighted by molar-refractivity contribution is 6.06. The van der Waals surface area contributed by atoms with Crippen molar-refractivity contribution in [3.63, 3.8) is 0 Å². The molecule has 1 aromatic carbocycles. The molecule has 0 fully saturated rings. The van der Waals surface area contributed by atoms with Crippen LogP contribution in [0.3, 0.4) is 0 Å². The van der Waals surface area contributed by atoms with Crippen LogP contribution in [0.1, 0.15) is 32.8 Å². The second-order valence-electron chi connectivity index (χ2n) is 4.77. The monoisotopic (exact) mass is 274 g/mol. The van der Waals surface area contributed by atoms with Crippen molar-refractivity contribution in [2.75, 3.05) is 6.61 Å². The number of hydrogen-bond acceptors (Lipinski definition) is 4. The first-order valence-corrected chi connectivity index (χ1v) is 6.63. The lowest BCUT2D eigenvalue weighted by atomic mass is 9.89. The Morgan fingerprint density at radius 3 is 2.50 bits per heavy atom. The van der Waals surface area contributed by atoms with E-state index in [2.05, 4.69) is 0 Å². The van der Waals surface area contributed by atoms with Gasteiger partial charge in [0.15, 0.2) is 0 Å². The maximum Gasteiger partial charge on any atom is 0.303 e. The van der Waals surface area contributed by atoms with Gasteiger partial charge in [-0.2, -0.15) is 0 Å². The zero-order valence-corrected chi connectivity index (χ0v) is 11.9. The van der Waals surface area contributed by atoms with Crippen LogP contribution in [0.4, 0.5) is 0 Å². The summed E-state index contributed by atoms with van der Waals surface area (Å²) in [6.45, 7) is 5.36. The Morgan fingerprint density at radius 1 is 1.30 bits per heavy atom. The summed E-state index contributed by atoms with van der Waals surface area (Å²) in [6, 6.07) is 9.09. The van der Waals surface area contributed by atoms with Gasteiger partial charge in [0.1, 0.15) is 5.76 Å². The van der Waals surface area contributed by atoms with Crippen molar-refractivity contribution in [2.45, 2.75) is 32.8 Å². The molecule has 2 rings (SSSR count). The molecule has 0 N–H and O–H groups in total. The van der Waals surface area contributed by atoms with Crippen LogP contribution in [0, 0.1) is 0 Å². The summed E-state index contributed by atoms with van der Waals surface area (Å²) < 4.78 is 10.9. The lowest BCUT2D eigenvalue weighted by Crippen LogP contribution is -2.37. The molecule has 0 saturated carbocycles. The minimum atomic E-state index is -1.28. The number of hydrogen-bond donors (Lipinski definition) is 0. The highest BCUT2D eigenvalue weighted by Gasteiger charge is 2.50. The fourth-order valence-electron chi connectivity index (χ4n) is 2.53. The van der Waals surface area contributed by atoms with E-state index in [0.29, 0.717) is 23.5 Å². The summed E-state index contributed by atoms with van der Waals surface area (Å²) >= 11 is 0. The highest BCUT2D eigenvalue weighted by atomic mass is 16.6. The molecule has 20 heavy (non-hydrogen) atoms. The maximum absolute atomic E-state index is 12.6. The Balaban J connectivity index is 2.47. The molecular weight excluding hydrogens is 256 g/mol. The first-order chi connectivity index (χ1) is 9.51. The summed E-state index contributed by atoms with van der Waals surface area (Å²) in [6.07, 6.45) is 0.259. The molecule has 0 bridgehead atoms. The Labute approximate surface area is 118 Å². The molecule has 1 atom stereocenters. The summed E-state index contributed by atoms with van der Waals surface area (Å²) in [5, 5.41) is 0. The third-order valence-electron chi connectivity index (χ3n) is 3.41. The van der Waals surface area contributed by atoms with Crippen LogP contribution in [0.2, 0.25) is 0 Å². The van der Waals surface area contributed by atoms with Gasteiger partial charge in [-0.15, -0.1) is 0 Å². The standard InChI is InChI=1S/C16H18O4/c1-4-19-14-10-16(20-12(3)17,15(18)11(14)2)13-8-6-5-7-9-13/h5-9H,4,10H2,1-3H3. The zero-order valence-electron chi connectivity index (χ0n) is 11.9. The predicted octanol–water partition coefficient (Wildman–Crippen LogP) is 2.73. The molecule has 0 aromatic heterocycles. The molecule has 0 spiro atoms. The first kappa shape index (κ1) is 14.3. The largest absolute Gasteiger partial charge is 0.498 e. The average Bonchev–Trinajstić information content (AvgIpc) is 2.66. The normalized spacial score (nSPS) is 22.1. The van der Waals surface area contributed by atoms with Gasteiger partial charge >= 0.3 is 5.97 Å². The van der Waals surface area contributed by atoms with Gasteiger partial charge in [-0.3, -0.25) is 9.59 Å². The Kier molecular flexibility index (Phi) is 3.93. The van der Waals surface area contributed by atoms with Gasteiger partial charge in [0, 0.05) is 18.1 Å². The minimum Gasteiger partial charge on any atom is -0.498 e. The smallest absolute Gasteiger partial charge is 0.303 e. The molecule has 1 aliphatic rings. The molecule has 0 amide bonds. The van der Waals surface area contributed by atoms with Crippen molar-refractivity contribution in [1.29, 1.82) is 0 Å². The van der Waals surface area contributed by atoms with Crippen LogP contribution in [0.5, 0.6) is 0 Å². The zero-order chi connectivity index (χ0) is 14.8. The molecule has 4 nitrogen and oxygen atoms in total. The topological polar surface area (TPSA) is 52.6 Å². The molecule has 0 saturated heterocycles. The van der Waals surface area contributed by atoms with Crippen LogP contribution in [0.15, 0.2) is 41.7 Å². The number of ether oxygens (including phenoxy) is 2. The van der Waals surface area contributed by atoms with E-state index in [-0.39, 0.29) is 12.2 Å². The highest BCUT2D eigenvalue weighted by Crippen LogP contribution is 2.43. The third-order valence-corrected chi connectivity index (χ3v) is 3.41. The predicted molar refractivity (Wildman–Crippen MR) is 73.8 cm³/mol. The van der Waals surface area contributed by atoms with Crippen LogP contribution >= 0.6 is 0 Å². The lowest BCUT2D eigenvalue weighted by molar-refractivity contribution is -0.164. The second kappa shape index (κ2) is 5.49. The van der Waals surface area contributed by atoms with E-state index < -0.39 is 11.6 Å². The number of rotatable bonds is 4. The Hall–Kier alpha value is -2.10. The molecular formula is C16H18O4. The number of carbonyl (C=O) groups excluding carboxylic acids is 2. The molecule has 1 aliphatic carbocycles. The van der Waals surface area contributed by atoms with E-state index in [0.717, 1.165) is 0 Å². The summed E-state index contributed by atoms with van der Waals surface area (Å²) in [5.41, 5.74) is -0.0759. The van der Waals surface area contributed by atoms with E-state index in [1.807, 2.05) is 25.1 Å². The van der Waals surface area contributed by atoms with Gasteiger partial charge in [0.05, 0.1) is 13.0 Å². The van der Waals surface area contributed by atoms with Gasteiger partial charge in [-0.25, -0.2) is 0 Å². The number of ketones is 1. The van der Waals surface area contributed by atoms with Crippen molar-refractivity contribution in [1.82, 2.24) is 0 Å². The van der Waals surface area contributed by atoms with E-state index in [9.17, 15) is 9.59 Å². The summed E-state index contributed by atoms with van der Waals surface area (Å²) in [4.78, 5) is 24.1. The first-order valence-electron chi connectivity index (χ1n) is 6.63. The molecule has 0 aliphatic heterocycles. The summed E-state index contributed by atoms with van der Waals surface area (Å²) in [7, 11) is 0. The van der Waals surface area contributed by atoms with Crippen LogP contribution in [-0.4, -0.2) is 18.4 Å². The number of carbonyl (C=O) groups is 2. The van der Waals surface area contributed by atoms with E-state index >= 15 is 0 Å². The average molecular weight is 274 g/mol. The second-order valence-corrected chi connectivity index (χ2v) is 4.77. The number of benzene rings is 1. The van der Waals surface area contributed by atoms with Crippen LogP contribution < -0.4 is 0 Å². The van der Waals surface area contributed by atoms with Crippen molar-refractivity contribution in [3.05, 3.63) is 47.2 Å². The lowest BCUT2D eigenvalue weighted by Gasteiger charge is -2.28. The van der Waals surface area contributed by atoms with E-state index in [1.165, 1.54) is 6.92 Å². The quantitative estimate of drug-likeness (QED) is 0.792. The number of Topliss-reactive ketones (excluding diaryl/α,β-unsaturated/α-hetero) is 1. The van der Waals surface area contributed by atoms with E-state index in [1.54, 1.807) is 19.1 Å². The summed E-state index contributed by atoms with van der Waals surface area (Å²) in [5.74, 6) is -0.0855. The fourth-order valence-corrected chi connectivity index (χ4v) is 2.53. The van der Waals surface area contributed by atoms with Gasteiger partial charge in [0.25, 0.3) is 0 Å². The van der Waals surface area contributed by atoms with Crippen LogP contribution in [-0.2, 0) is 24.7 Å². The molecule has 0 radical (unpaired) electrons. The molecule has 4 heteroatoms. The Morgan fingerprint density at radius 2 is 1.95 bits per heavy atom.